The van der Waals surface area contributed by atoms with E-state index >= 15 is 0 Å². The zero-order valence-corrected chi connectivity index (χ0v) is 13.9. The van der Waals surface area contributed by atoms with E-state index in [0.29, 0.717) is 23.4 Å². The lowest BCUT2D eigenvalue weighted by atomic mass is 10.00. The molecule has 0 spiro atoms. The molecule has 1 aromatic carbocycles. The lowest BCUT2D eigenvalue weighted by molar-refractivity contribution is -0.117. The summed E-state index contributed by atoms with van der Waals surface area (Å²) < 4.78 is 0. The monoisotopic (exact) mass is 338 g/mol. The van der Waals surface area contributed by atoms with Crippen LogP contribution in [0.4, 0.5) is 11.4 Å². The Morgan fingerprint density at radius 1 is 1.08 bits per heavy atom. The van der Waals surface area contributed by atoms with Crippen LogP contribution < -0.4 is 16.4 Å². The van der Waals surface area contributed by atoms with Crippen LogP contribution in [0.5, 0.6) is 0 Å². The summed E-state index contributed by atoms with van der Waals surface area (Å²) in [7, 11) is 0. The molecule has 6 heteroatoms. The minimum Gasteiger partial charge on any atom is -0.327 e. The van der Waals surface area contributed by atoms with Crippen molar-refractivity contribution in [2.24, 2.45) is 11.7 Å². The number of nitrogens with two attached hydrogens (primary N) is 1. The van der Waals surface area contributed by atoms with Gasteiger partial charge in [-0.05, 0) is 49.1 Å². The molecule has 1 heterocycles. The number of nitrogens with zero attached hydrogens (tertiary/aromatic N) is 1. The first kappa shape index (κ1) is 17.1. The Labute approximate surface area is 146 Å². The third kappa shape index (κ3) is 4.64. The molecular formula is C19H22N4O2. The number of carbonyl (C=O) groups excluding carboxylic acids is 2. The second kappa shape index (κ2) is 7.90. The molecule has 0 radical (unpaired) electrons. The number of nitrogens with one attached hydrogen (secondary N) is 2. The minimum absolute atomic E-state index is 0.0611. The molecule has 3 rings (SSSR count). The Kier molecular flexibility index (Phi) is 5.40. The van der Waals surface area contributed by atoms with E-state index in [1.54, 1.807) is 48.8 Å². The number of rotatable bonds is 5. The number of hydrogen-bond acceptors (Lipinski definition) is 4. The van der Waals surface area contributed by atoms with Gasteiger partial charge in [-0.2, -0.15) is 0 Å². The van der Waals surface area contributed by atoms with E-state index in [4.69, 9.17) is 5.73 Å². The van der Waals surface area contributed by atoms with Gasteiger partial charge in [-0.3, -0.25) is 14.6 Å². The van der Waals surface area contributed by atoms with Crippen LogP contribution >= 0.6 is 0 Å². The first-order chi connectivity index (χ1) is 12.1. The molecule has 130 valence electrons. The molecule has 1 aliphatic rings. The number of pyridine rings is 1. The van der Waals surface area contributed by atoms with Gasteiger partial charge in [-0.25, -0.2) is 0 Å². The Hall–Kier alpha value is -2.73. The summed E-state index contributed by atoms with van der Waals surface area (Å²) in [5, 5.41) is 5.66. The average Bonchev–Trinajstić information content (AvgIpc) is 3.00. The van der Waals surface area contributed by atoms with Crippen molar-refractivity contribution in [3.8, 4) is 0 Å². The van der Waals surface area contributed by atoms with Crippen molar-refractivity contribution in [3.05, 3.63) is 54.4 Å². The van der Waals surface area contributed by atoms with E-state index in [9.17, 15) is 9.59 Å². The molecule has 2 aromatic rings. The molecule has 0 bridgehead atoms. The highest BCUT2D eigenvalue weighted by Crippen LogP contribution is 2.27. The van der Waals surface area contributed by atoms with Crippen molar-refractivity contribution in [3.63, 3.8) is 0 Å². The summed E-state index contributed by atoms with van der Waals surface area (Å²) in [6.07, 6.45) is 6.73. The van der Waals surface area contributed by atoms with Crippen LogP contribution in [0.15, 0.2) is 48.8 Å². The van der Waals surface area contributed by atoms with Crippen LogP contribution in [0.1, 0.15) is 36.0 Å². The normalized spacial score (nSPS) is 19.4. The highest BCUT2D eigenvalue weighted by atomic mass is 16.2. The number of benzene rings is 1. The van der Waals surface area contributed by atoms with Gasteiger partial charge in [-0.1, -0.05) is 12.5 Å². The smallest absolute Gasteiger partial charge is 0.255 e. The maximum absolute atomic E-state index is 12.3. The highest BCUT2D eigenvalue weighted by Gasteiger charge is 2.26. The summed E-state index contributed by atoms with van der Waals surface area (Å²) in [5.41, 5.74) is 7.78. The van der Waals surface area contributed by atoms with Crippen LogP contribution in [0.25, 0.3) is 0 Å². The van der Waals surface area contributed by atoms with E-state index in [1.165, 1.54) is 0 Å². The van der Waals surface area contributed by atoms with Crippen molar-refractivity contribution in [2.75, 3.05) is 10.6 Å². The molecule has 6 nitrogen and oxygen atoms in total. The topological polar surface area (TPSA) is 97.1 Å². The van der Waals surface area contributed by atoms with Gasteiger partial charge >= 0.3 is 0 Å². The molecule has 2 amide bonds. The molecular weight excluding hydrogens is 316 g/mol. The summed E-state index contributed by atoms with van der Waals surface area (Å²) >= 11 is 0. The van der Waals surface area contributed by atoms with Crippen LogP contribution in [0.3, 0.4) is 0 Å². The second-order valence-electron chi connectivity index (χ2n) is 6.38. The summed E-state index contributed by atoms with van der Waals surface area (Å²) in [6.45, 7) is 0. The highest BCUT2D eigenvalue weighted by molar-refractivity contribution is 6.05. The van der Waals surface area contributed by atoms with E-state index in [0.717, 1.165) is 19.3 Å². The van der Waals surface area contributed by atoms with E-state index in [-0.39, 0.29) is 23.8 Å². The maximum Gasteiger partial charge on any atom is 0.255 e. The molecule has 4 N–H and O–H groups in total. The third-order valence-corrected chi connectivity index (χ3v) is 4.51. The summed E-state index contributed by atoms with van der Waals surface area (Å²) in [6, 6.07) is 10.4. The van der Waals surface area contributed by atoms with Gasteiger partial charge in [0.2, 0.25) is 5.91 Å². The van der Waals surface area contributed by atoms with Crippen LogP contribution in [0, 0.1) is 5.92 Å². The lowest BCUT2D eigenvalue weighted by Gasteiger charge is -2.15. The van der Waals surface area contributed by atoms with Crippen molar-refractivity contribution >= 4 is 23.2 Å². The van der Waals surface area contributed by atoms with Crippen molar-refractivity contribution in [2.45, 2.75) is 31.7 Å². The van der Waals surface area contributed by atoms with E-state index < -0.39 is 0 Å². The molecule has 1 fully saturated rings. The SMILES string of the molecule is N[C@@H]1CCC[C@H]1CC(=O)Nc1cccc(C(=O)Nc2ccncc2)c1. The van der Waals surface area contributed by atoms with Gasteiger partial charge < -0.3 is 16.4 Å². The quantitative estimate of drug-likeness (QED) is 0.781. The molecule has 1 saturated carbocycles. The largest absolute Gasteiger partial charge is 0.327 e. The molecule has 0 aliphatic heterocycles. The van der Waals surface area contributed by atoms with E-state index in [2.05, 4.69) is 15.6 Å². The maximum atomic E-state index is 12.3. The number of carbonyl (C=O) groups is 2. The number of anilines is 2. The fourth-order valence-corrected chi connectivity index (χ4v) is 3.15. The predicted molar refractivity (Wildman–Crippen MR) is 97.2 cm³/mol. The fraction of sp³-hybridized carbons (Fsp3) is 0.316. The summed E-state index contributed by atoms with van der Waals surface area (Å²) in [4.78, 5) is 28.4. The van der Waals surface area contributed by atoms with Crippen molar-refractivity contribution < 1.29 is 9.59 Å². The predicted octanol–water partition coefficient (Wildman–Crippen LogP) is 2.79. The molecule has 1 aliphatic carbocycles. The molecule has 0 saturated heterocycles. The molecule has 2 atom stereocenters. The van der Waals surface area contributed by atoms with Gasteiger partial charge in [-0.15, -0.1) is 0 Å². The lowest BCUT2D eigenvalue weighted by Crippen LogP contribution is -2.28. The summed E-state index contributed by atoms with van der Waals surface area (Å²) in [5.74, 6) is -0.0488. The number of hydrogen-bond donors (Lipinski definition) is 3. The van der Waals surface area contributed by atoms with Gasteiger partial charge in [0.1, 0.15) is 0 Å². The molecule has 1 aromatic heterocycles. The zero-order chi connectivity index (χ0) is 17.6. The standard InChI is InChI=1S/C19H22N4O2/c20-17-6-2-3-13(17)12-18(24)22-16-5-1-4-14(11-16)19(25)23-15-7-9-21-10-8-15/h1,4-5,7-11,13,17H,2-3,6,12,20H2,(H,22,24)(H,21,23,25)/t13-,17+/m0/s1. The van der Waals surface area contributed by atoms with Crippen molar-refractivity contribution in [1.82, 2.24) is 4.98 Å². The van der Waals surface area contributed by atoms with Crippen LogP contribution in [0.2, 0.25) is 0 Å². The Bertz CT molecular complexity index is 748. The fourth-order valence-electron chi connectivity index (χ4n) is 3.15. The Morgan fingerprint density at radius 2 is 1.88 bits per heavy atom. The van der Waals surface area contributed by atoms with Crippen LogP contribution in [-0.2, 0) is 4.79 Å². The average molecular weight is 338 g/mol. The number of aromatic nitrogens is 1. The van der Waals surface area contributed by atoms with Gasteiger partial charge in [0.15, 0.2) is 0 Å². The first-order valence-electron chi connectivity index (χ1n) is 8.48. The van der Waals surface area contributed by atoms with E-state index in [1.807, 2.05) is 0 Å². The third-order valence-electron chi connectivity index (χ3n) is 4.51. The zero-order valence-electron chi connectivity index (χ0n) is 13.9. The Balaban J connectivity index is 1.61. The van der Waals surface area contributed by atoms with Gasteiger partial charge in [0, 0.05) is 41.8 Å². The van der Waals surface area contributed by atoms with Gasteiger partial charge in [0.05, 0.1) is 0 Å². The first-order valence-corrected chi connectivity index (χ1v) is 8.48. The number of amides is 2. The van der Waals surface area contributed by atoms with Gasteiger partial charge in [0.25, 0.3) is 5.91 Å². The second-order valence-corrected chi connectivity index (χ2v) is 6.38. The Morgan fingerprint density at radius 3 is 2.60 bits per heavy atom. The molecule has 0 unspecified atom stereocenters. The minimum atomic E-state index is -0.236. The van der Waals surface area contributed by atoms with Crippen molar-refractivity contribution in [1.29, 1.82) is 0 Å². The molecule has 25 heavy (non-hydrogen) atoms. The van der Waals surface area contributed by atoms with Crippen LogP contribution in [-0.4, -0.2) is 22.8 Å².